The summed E-state index contributed by atoms with van der Waals surface area (Å²) in [6, 6.07) is 14.8. The van der Waals surface area contributed by atoms with E-state index in [1.807, 2.05) is 18.2 Å². The van der Waals surface area contributed by atoms with E-state index in [2.05, 4.69) is 58.6 Å². The van der Waals surface area contributed by atoms with Crippen LogP contribution >= 0.6 is 34.5 Å². The van der Waals surface area contributed by atoms with Crippen molar-refractivity contribution >= 4 is 45.6 Å². The van der Waals surface area contributed by atoms with Gasteiger partial charge in [0.05, 0.1) is 15.7 Å². The van der Waals surface area contributed by atoms with Crippen molar-refractivity contribution in [3.8, 4) is 11.3 Å². The van der Waals surface area contributed by atoms with Crippen LogP contribution in [0.5, 0.6) is 0 Å². The van der Waals surface area contributed by atoms with Crippen LogP contribution in [0.4, 0.5) is 5.13 Å². The number of halogens is 2. The molecule has 2 saturated heterocycles. The number of hydrogen-bond acceptors (Lipinski definition) is 5. The van der Waals surface area contributed by atoms with Gasteiger partial charge in [-0.3, -0.25) is 9.69 Å². The van der Waals surface area contributed by atoms with Gasteiger partial charge in [0.25, 0.3) is 0 Å². The van der Waals surface area contributed by atoms with Crippen LogP contribution in [0.25, 0.3) is 11.3 Å². The molecule has 1 aromatic heterocycles. The normalized spacial score (nSPS) is 16.3. The Kier molecular flexibility index (Phi) is 14.1. The molecule has 234 valence electrons. The summed E-state index contributed by atoms with van der Waals surface area (Å²) in [5.41, 5.74) is 4.82. The van der Waals surface area contributed by atoms with Crippen LogP contribution in [0.15, 0.2) is 47.8 Å². The summed E-state index contributed by atoms with van der Waals surface area (Å²) in [6.45, 7) is 9.53. The van der Waals surface area contributed by atoms with E-state index in [9.17, 15) is 4.79 Å². The number of rotatable bonds is 10. The Bertz CT molecular complexity index is 1250. The molecule has 43 heavy (non-hydrogen) atoms. The standard InChI is InChI=1S/C19H28Cl2N2O.C16H20N2S/c1-2-3-4-5-6-19(24)22-16-9-11-23(12-10-16)14-15-7-8-17(20)18(21)13-15;1-13-6-8-14(9-7-13)15-12-19-16(17-15)18-10-4-2-3-5-11-18/h7-8,13,16H,2-6,9-12,14H2,1H3,(H,22,24);6-9,12H,2-5,10-11H2,1H3. The van der Waals surface area contributed by atoms with Crippen molar-refractivity contribution in [2.75, 3.05) is 31.1 Å². The van der Waals surface area contributed by atoms with Crippen molar-refractivity contribution in [1.29, 1.82) is 0 Å². The molecule has 5 nitrogen and oxygen atoms in total. The van der Waals surface area contributed by atoms with Gasteiger partial charge < -0.3 is 10.2 Å². The van der Waals surface area contributed by atoms with E-state index in [0.29, 0.717) is 22.5 Å². The molecular weight excluding hydrogens is 595 g/mol. The van der Waals surface area contributed by atoms with Crippen LogP contribution in [0.1, 0.15) is 88.7 Å². The fraction of sp³-hybridized carbons (Fsp3) is 0.543. The third-order valence-electron chi connectivity index (χ3n) is 8.32. The number of benzene rings is 2. The topological polar surface area (TPSA) is 48.5 Å². The van der Waals surface area contributed by atoms with Crippen LogP contribution in [-0.4, -0.2) is 48.0 Å². The van der Waals surface area contributed by atoms with Gasteiger partial charge in [0.1, 0.15) is 0 Å². The Balaban J connectivity index is 0.000000202. The number of nitrogens with zero attached hydrogens (tertiary/aromatic N) is 3. The Morgan fingerprint density at radius 3 is 2.33 bits per heavy atom. The van der Waals surface area contributed by atoms with Crippen molar-refractivity contribution in [2.24, 2.45) is 0 Å². The van der Waals surface area contributed by atoms with E-state index < -0.39 is 0 Å². The quantitative estimate of drug-likeness (QED) is 0.224. The summed E-state index contributed by atoms with van der Waals surface area (Å²) in [5, 5.41) is 7.78. The molecule has 0 aliphatic carbocycles. The second-order valence-electron chi connectivity index (χ2n) is 12.0. The highest BCUT2D eigenvalue weighted by molar-refractivity contribution is 7.14. The lowest BCUT2D eigenvalue weighted by molar-refractivity contribution is -0.122. The first kappa shape index (κ1) is 33.8. The number of aromatic nitrogens is 1. The van der Waals surface area contributed by atoms with Crippen molar-refractivity contribution < 1.29 is 4.79 Å². The average Bonchev–Trinajstić information content (AvgIpc) is 3.34. The molecule has 5 rings (SSSR count). The smallest absolute Gasteiger partial charge is 0.220 e. The van der Waals surface area contributed by atoms with Crippen LogP contribution in [0.3, 0.4) is 0 Å². The molecule has 2 aromatic carbocycles. The lowest BCUT2D eigenvalue weighted by Crippen LogP contribution is -2.44. The number of anilines is 1. The van der Waals surface area contributed by atoms with Gasteiger partial charge in [-0.2, -0.15) is 0 Å². The van der Waals surface area contributed by atoms with E-state index in [1.54, 1.807) is 11.3 Å². The number of carbonyl (C=O) groups excluding carboxylic acids is 1. The molecule has 0 atom stereocenters. The molecular formula is C35H48Cl2N4OS. The molecule has 8 heteroatoms. The molecule has 1 N–H and O–H groups in total. The zero-order valence-corrected chi connectivity index (χ0v) is 28.3. The van der Waals surface area contributed by atoms with Crippen molar-refractivity contribution in [1.82, 2.24) is 15.2 Å². The highest BCUT2D eigenvalue weighted by atomic mass is 35.5. The Morgan fingerprint density at radius 1 is 0.930 bits per heavy atom. The highest BCUT2D eigenvalue weighted by Crippen LogP contribution is 2.29. The van der Waals surface area contributed by atoms with E-state index in [-0.39, 0.29) is 5.91 Å². The number of aryl methyl sites for hydroxylation is 1. The van der Waals surface area contributed by atoms with Gasteiger partial charge >= 0.3 is 0 Å². The van der Waals surface area contributed by atoms with Crippen LogP contribution in [0.2, 0.25) is 10.0 Å². The third kappa shape index (κ3) is 11.4. The Hall–Kier alpha value is -2.12. The molecule has 0 spiro atoms. The van der Waals surface area contributed by atoms with Gasteiger partial charge in [-0.1, -0.05) is 98.1 Å². The molecule has 1 amide bonds. The van der Waals surface area contributed by atoms with Gasteiger partial charge in [-0.15, -0.1) is 11.3 Å². The first-order chi connectivity index (χ1) is 20.9. The fourth-order valence-corrected chi connectivity index (χ4v) is 6.88. The molecule has 2 aliphatic rings. The number of likely N-dealkylation sites (tertiary alicyclic amines) is 1. The zero-order valence-electron chi connectivity index (χ0n) is 25.9. The van der Waals surface area contributed by atoms with Gasteiger partial charge in [0.15, 0.2) is 5.13 Å². The van der Waals surface area contributed by atoms with Gasteiger partial charge in [-0.05, 0) is 56.7 Å². The van der Waals surface area contributed by atoms with E-state index in [1.165, 1.54) is 73.4 Å². The van der Waals surface area contributed by atoms with Gasteiger partial charge in [0.2, 0.25) is 5.91 Å². The number of thiazole rings is 1. The maximum Gasteiger partial charge on any atom is 0.220 e. The Morgan fingerprint density at radius 2 is 1.65 bits per heavy atom. The van der Waals surface area contributed by atoms with E-state index in [4.69, 9.17) is 28.2 Å². The molecule has 0 radical (unpaired) electrons. The fourth-order valence-electron chi connectivity index (χ4n) is 5.67. The minimum absolute atomic E-state index is 0.217. The van der Waals surface area contributed by atoms with Gasteiger partial charge in [-0.25, -0.2) is 4.98 Å². The number of amides is 1. The first-order valence-corrected chi connectivity index (χ1v) is 17.8. The molecule has 3 heterocycles. The van der Waals surface area contributed by atoms with Crippen molar-refractivity contribution in [3.63, 3.8) is 0 Å². The molecule has 2 fully saturated rings. The van der Waals surface area contributed by atoms with Gasteiger partial charge in [0, 0.05) is 56.1 Å². The molecule has 0 saturated carbocycles. The summed E-state index contributed by atoms with van der Waals surface area (Å²) in [5.74, 6) is 0.217. The highest BCUT2D eigenvalue weighted by Gasteiger charge is 2.21. The molecule has 3 aromatic rings. The number of carbonyl (C=O) groups is 1. The second kappa shape index (κ2) is 18.0. The average molecular weight is 644 g/mol. The lowest BCUT2D eigenvalue weighted by atomic mass is 10.0. The van der Waals surface area contributed by atoms with Crippen molar-refractivity contribution in [3.05, 3.63) is 69.0 Å². The summed E-state index contributed by atoms with van der Waals surface area (Å²) in [7, 11) is 0. The lowest BCUT2D eigenvalue weighted by Gasteiger charge is -2.32. The van der Waals surface area contributed by atoms with Crippen LogP contribution in [-0.2, 0) is 11.3 Å². The summed E-state index contributed by atoms with van der Waals surface area (Å²) >= 11 is 13.8. The van der Waals surface area contributed by atoms with E-state index in [0.717, 1.165) is 51.0 Å². The molecule has 2 aliphatic heterocycles. The Labute approximate surface area is 273 Å². The maximum absolute atomic E-state index is 12.0. The summed E-state index contributed by atoms with van der Waals surface area (Å²) in [4.78, 5) is 21.6. The third-order valence-corrected chi connectivity index (χ3v) is 9.96. The summed E-state index contributed by atoms with van der Waals surface area (Å²) in [6.07, 6.45) is 12.6. The zero-order chi connectivity index (χ0) is 30.4. The summed E-state index contributed by atoms with van der Waals surface area (Å²) < 4.78 is 0. The number of hydrogen-bond donors (Lipinski definition) is 1. The first-order valence-electron chi connectivity index (χ1n) is 16.1. The number of piperidine rings is 1. The number of unbranched alkanes of at least 4 members (excludes halogenated alkanes) is 3. The van der Waals surface area contributed by atoms with Crippen molar-refractivity contribution in [2.45, 2.75) is 97.1 Å². The minimum Gasteiger partial charge on any atom is -0.353 e. The predicted molar refractivity (Wildman–Crippen MR) is 185 cm³/mol. The second-order valence-corrected chi connectivity index (χ2v) is 13.6. The monoisotopic (exact) mass is 642 g/mol. The predicted octanol–water partition coefficient (Wildman–Crippen LogP) is 9.54. The SMILES string of the molecule is CCCCCCC(=O)NC1CCN(Cc2ccc(Cl)c(Cl)c2)CC1.Cc1ccc(-c2csc(N3CCCCCC3)n2)cc1. The molecule has 0 bridgehead atoms. The maximum atomic E-state index is 12.0. The van der Waals surface area contributed by atoms with Crippen LogP contribution < -0.4 is 10.2 Å². The largest absolute Gasteiger partial charge is 0.353 e. The van der Waals surface area contributed by atoms with Crippen LogP contribution in [0, 0.1) is 6.92 Å². The molecule has 0 unspecified atom stereocenters. The number of nitrogens with one attached hydrogen (secondary N) is 1. The minimum atomic E-state index is 0.217. The van der Waals surface area contributed by atoms with E-state index >= 15 is 0 Å².